The summed E-state index contributed by atoms with van der Waals surface area (Å²) in [5.41, 5.74) is 0. The number of hydrogen-bond donors (Lipinski definition) is 0. The Balaban J connectivity index is 2.12. The van der Waals surface area contributed by atoms with E-state index in [0.717, 1.165) is 25.5 Å². The average molecular weight is 419 g/mol. The Kier molecular flexibility index (Phi) is 15.6. The number of ether oxygens (including phenoxy) is 2. The lowest BCUT2D eigenvalue weighted by atomic mass is 10.0. The van der Waals surface area contributed by atoms with Crippen LogP contribution in [0.2, 0.25) is 6.04 Å². The highest BCUT2D eigenvalue weighted by atomic mass is 28.4. The van der Waals surface area contributed by atoms with Crippen LogP contribution in [0, 0.1) is 0 Å². The van der Waals surface area contributed by atoms with Crippen LogP contribution in [0.4, 0.5) is 0 Å². The fourth-order valence-corrected chi connectivity index (χ4v) is 5.44. The number of epoxide rings is 1. The van der Waals surface area contributed by atoms with Crippen LogP contribution in [-0.4, -0.2) is 55.6 Å². The van der Waals surface area contributed by atoms with Gasteiger partial charge in [-0.3, -0.25) is 0 Å². The molecule has 1 aliphatic rings. The van der Waals surface area contributed by atoms with Gasteiger partial charge in [0, 0.05) is 27.4 Å². The third-order valence-electron chi connectivity index (χ3n) is 5.76. The van der Waals surface area contributed by atoms with E-state index < -0.39 is 8.80 Å². The lowest BCUT2D eigenvalue weighted by molar-refractivity contribution is 0.0284. The van der Waals surface area contributed by atoms with Gasteiger partial charge in [0.1, 0.15) is 6.10 Å². The van der Waals surface area contributed by atoms with Crippen molar-refractivity contribution in [1.29, 1.82) is 0 Å². The smallest absolute Gasteiger partial charge is 0.377 e. The zero-order valence-corrected chi connectivity index (χ0v) is 20.0. The van der Waals surface area contributed by atoms with Crippen molar-refractivity contribution < 1.29 is 22.8 Å². The van der Waals surface area contributed by atoms with Gasteiger partial charge in [0.25, 0.3) is 0 Å². The van der Waals surface area contributed by atoms with Crippen LogP contribution in [-0.2, 0) is 22.8 Å². The molecular weight excluding hydrogens is 372 g/mol. The molecule has 0 saturated carbocycles. The summed E-state index contributed by atoms with van der Waals surface area (Å²) in [5, 5.41) is 0. The first-order valence-corrected chi connectivity index (χ1v) is 13.5. The van der Waals surface area contributed by atoms with Gasteiger partial charge < -0.3 is 22.8 Å². The van der Waals surface area contributed by atoms with E-state index in [1.165, 1.54) is 70.6 Å². The van der Waals surface area contributed by atoms with E-state index in [0.29, 0.717) is 12.7 Å². The van der Waals surface area contributed by atoms with Gasteiger partial charge in [0.15, 0.2) is 0 Å². The van der Waals surface area contributed by atoms with E-state index in [9.17, 15) is 0 Å². The lowest BCUT2D eigenvalue weighted by Gasteiger charge is -2.26. The molecule has 1 aliphatic heterocycles. The van der Waals surface area contributed by atoms with E-state index in [2.05, 4.69) is 6.92 Å². The molecule has 1 rings (SSSR count). The van der Waals surface area contributed by atoms with Gasteiger partial charge in [-0.25, -0.2) is 0 Å². The molecule has 0 N–H and O–H groups in total. The fourth-order valence-electron chi connectivity index (χ4n) is 3.65. The predicted octanol–water partition coefficient (Wildman–Crippen LogP) is 5.74. The normalized spacial score (nSPS) is 17.8. The van der Waals surface area contributed by atoms with E-state index in [-0.39, 0.29) is 6.10 Å². The van der Waals surface area contributed by atoms with Crippen molar-refractivity contribution in [2.24, 2.45) is 0 Å². The fraction of sp³-hybridized carbons (Fsp3) is 1.00. The van der Waals surface area contributed by atoms with Gasteiger partial charge >= 0.3 is 8.80 Å². The summed E-state index contributed by atoms with van der Waals surface area (Å²) >= 11 is 0. The van der Waals surface area contributed by atoms with Crippen LogP contribution in [0.3, 0.4) is 0 Å². The van der Waals surface area contributed by atoms with Crippen molar-refractivity contribution in [3.63, 3.8) is 0 Å². The summed E-state index contributed by atoms with van der Waals surface area (Å²) in [6.07, 6.45) is 17.7. The molecule has 0 bridgehead atoms. The molecule has 0 amide bonds. The molecule has 2 atom stereocenters. The molecule has 6 heteroatoms. The largest absolute Gasteiger partial charge is 0.500 e. The van der Waals surface area contributed by atoms with Gasteiger partial charge in [-0.2, -0.15) is 0 Å². The van der Waals surface area contributed by atoms with Crippen LogP contribution >= 0.6 is 0 Å². The van der Waals surface area contributed by atoms with Crippen molar-refractivity contribution in [1.82, 2.24) is 0 Å². The highest BCUT2D eigenvalue weighted by molar-refractivity contribution is 6.60. The summed E-state index contributed by atoms with van der Waals surface area (Å²) in [6, 6.07) is 0.796. The summed E-state index contributed by atoms with van der Waals surface area (Å²) in [4.78, 5) is 0. The number of rotatable bonds is 21. The van der Waals surface area contributed by atoms with Gasteiger partial charge in [0.05, 0.1) is 19.3 Å². The summed E-state index contributed by atoms with van der Waals surface area (Å²) in [7, 11) is 2.52. The first kappa shape index (κ1) is 26.1. The molecule has 5 nitrogen and oxygen atoms in total. The number of unbranched alkanes of at least 4 members (excludes halogenated alkanes) is 10. The minimum atomic E-state index is -2.51. The predicted molar refractivity (Wildman–Crippen MR) is 117 cm³/mol. The van der Waals surface area contributed by atoms with Crippen molar-refractivity contribution in [2.75, 3.05) is 34.5 Å². The van der Waals surface area contributed by atoms with Gasteiger partial charge in [-0.05, 0) is 12.8 Å². The Hall–Kier alpha value is 0.0169. The van der Waals surface area contributed by atoms with Crippen LogP contribution in [0.25, 0.3) is 0 Å². The Morgan fingerprint density at radius 1 is 0.786 bits per heavy atom. The third kappa shape index (κ3) is 12.6. The van der Waals surface area contributed by atoms with Crippen LogP contribution in [0.5, 0.6) is 0 Å². The van der Waals surface area contributed by atoms with Gasteiger partial charge in [-0.1, -0.05) is 77.6 Å². The Bertz CT molecular complexity index is 340. The lowest BCUT2D eigenvalue weighted by Crippen LogP contribution is -2.43. The third-order valence-corrected chi connectivity index (χ3v) is 8.52. The minimum Gasteiger partial charge on any atom is -0.377 e. The first-order chi connectivity index (χ1) is 13.7. The molecular formula is C22H46O5Si. The molecule has 1 saturated heterocycles. The maximum atomic E-state index is 6.12. The number of hydrogen-bond acceptors (Lipinski definition) is 5. The monoisotopic (exact) mass is 418 g/mol. The van der Waals surface area contributed by atoms with Crippen molar-refractivity contribution in [2.45, 2.75) is 109 Å². The second kappa shape index (κ2) is 16.8. The highest BCUT2D eigenvalue weighted by Crippen LogP contribution is 2.22. The molecule has 0 aliphatic carbocycles. The van der Waals surface area contributed by atoms with Crippen molar-refractivity contribution in [3.8, 4) is 0 Å². The topological polar surface area (TPSA) is 49.5 Å². The Morgan fingerprint density at radius 2 is 1.29 bits per heavy atom. The first-order valence-electron chi connectivity index (χ1n) is 11.6. The molecule has 28 heavy (non-hydrogen) atoms. The zero-order valence-electron chi connectivity index (χ0n) is 19.0. The molecule has 0 spiro atoms. The molecule has 0 aromatic heterocycles. The minimum absolute atomic E-state index is 0.245. The van der Waals surface area contributed by atoms with Crippen LogP contribution in [0.15, 0.2) is 0 Å². The van der Waals surface area contributed by atoms with Gasteiger partial charge in [0.2, 0.25) is 0 Å². The molecule has 1 heterocycles. The average Bonchev–Trinajstić information content (AvgIpc) is 3.55. The molecule has 0 aromatic carbocycles. The highest BCUT2D eigenvalue weighted by Gasteiger charge is 2.38. The molecule has 0 aromatic rings. The molecule has 1 fully saturated rings. The molecule has 168 valence electrons. The standard InChI is InChI=1S/C22H46O5Si/c1-5-6-7-8-9-10-11-12-13-14-15-16-21(26-19-22-20-27-22)17-18-28(23-2,24-3)25-4/h21-22H,5-20H2,1-4H3. The van der Waals surface area contributed by atoms with E-state index in [4.69, 9.17) is 22.8 Å². The van der Waals surface area contributed by atoms with E-state index in [1.807, 2.05) is 0 Å². The SMILES string of the molecule is CCCCCCCCCCCCCC(CC[Si](OC)(OC)OC)OCC1CO1. The Morgan fingerprint density at radius 3 is 1.75 bits per heavy atom. The summed E-state index contributed by atoms with van der Waals surface area (Å²) in [5.74, 6) is 0. The van der Waals surface area contributed by atoms with E-state index >= 15 is 0 Å². The zero-order chi connectivity index (χ0) is 20.5. The maximum Gasteiger partial charge on any atom is 0.500 e. The van der Waals surface area contributed by atoms with Gasteiger partial charge in [-0.15, -0.1) is 0 Å². The molecule has 0 radical (unpaired) electrons. The quantitative estimate of drug-likeness (QED) is 0.135. The van der Waals surface area contributed by atoms with E-state index in [1.54, 1.807) is 21.3 Å². The van der Waals surface area contributed by atoms with Crippen LogP contribution in [0.1, 0.15) is 90.4 Å². The second-order valence-electron chi connectivity index (χ2n) is 8.07. The summed E-state index contributed by atoms with van der Waals surface area (Å²) < 4.78 is 28.1. The van der Waals surface area contributed by atoms with Crippen LogP contribution < -0.4 is 0 Å². The Labute approximate surface area is 175 Å². The molecule has 2 unspecified atom stereocenters. The van der Waals surface area contributed by atoms with Crippen molar-refractivity contribution in [3.05, 3.63) is 0 Å². The summed E-state index contributed by atoms with van der Waals surface area (Å²) in [6.45, 7) is 3.84. The van der Waals surface area contributed by atoms with Crippen molar-refractivity contribution >= 4 is 8.80 Å². The maximum absolute atomic E-state index is 6.12. The second-order valence-corrected chi connectivity index (χ2v) is 11.2.